The number of carbonyl (C=O) groups excluding carboxylic acids is 2. The molecule has 1 aromatic carbocycles. The fraction of sp³-hybridized carbons (Fsp3) is 0.556. The number of imide groups is 1. The van der Waals surface area contributed by atoms with Crippen molar-refractivity contribution < 1.29 is 19.1 Å². The van der Waals surface area contributed by atoms with Gasteiger partial charge in [-0.25, -0.2) is 0 Å². The summed E-state index contributed by atoms with van der Waals surface area (Å²) in [5, 5.41) is 0. The molecule has 0 aromatic heterocycles. The third-order valence-corrected chi connectivity index (χ3v) is 4.70. The molecule has 1 aromatic rings. The van der Waals surface area contributed by atoms with Gasteiger partial charge >= 0.3 is 0 Å². The van der Waals surface area contributed by atoms with Crippen LogP contribution in [0.4, 0.5) is 0 Å². The van der Waals surface area contributed by atoms with Gasteiger partial charge in [-0.15, -0.1) is 0 Å². The van der Waals surface area contributed by atoms with Crippen LogP contribution < -0.4 is 4.74 Å². The molecule has 6 heteroatoms. The van der Waals surface area contributed by atoms with Crippen LogP contribution in [0.5, 0.6) is 5.75 Å². The molecule has 2 fully saturated rings. The van der Waals surface area contributed by atoms with Crippen molar-refractivity contribution in [2.24, 2.45) is 5.92 Å². The van der Waals surface area contributed by atoms with Gasteiger partial charge in [-0.2, -0.15) is 0 Å². The van der Waals surface area contributed by atoms with E-state index in [4.69, 9.17) is 9.47 Å². The number of morpholine rings is 1. The van der Waals surface area contributed by atoms with E-state index in [1.54, 1.807) is 7.11 Å². The Hall–Kier alpha value is -1.92. The quantitative estimate of drug-likeness (QED) is 0.726. The summed E-state index contributed by atoms with van der Waals surface area (Å²) in [5.74, 6) is 0.417. The molecule has 0 radical (unpaired) electrons. The zero-order chi connectivity index (χ0) is 16.9. The average molecular weight is 332 g/mol. The highest BCUT2D eigenvalue weighted by atomic mass is 16.5. The van der Waals surface area contributed by atoms with Gasteiger partial charge in [0.15, 0.2) is 0 Å². The van der Waals surface area contributed by atoms with E-state index in [1.807, 2.05) is 24.3 Å². The van der Waals surface area contributed by atoms with Crippen LogP contribution in [0.1, 0.15) is 12.0 Å². The van der Waals surface area contributed by atoms with Crippen molar-refractivity contribution in [3.63, 3.8) is 0 Å². The van der Waals surface area contributed by atoms with Crippen molar-refractivity contribution in [3.05, 3.63) is 29.8 Å². The Morgan fingerprint density at radius 3 is 2.75 bits per heavy atom. The Bertz CT molecular complexity index is 598. The van der Waals surface area contributed by atoms with Gasteiger partial charge in [0, 0.05) is 32.6 Å². The molecule has 1 unspecified atom stereocenters. The Morgan fingerprint density at radius 2 is 2.00 bits per heavy atom. The second kappa shape index (κ2) is 7.77. The monoisotopic (exact) mass is 332 g/mol. The fourth-order valence-electron chi connectivity index (χ4n) is 3.30. The van der Waals surface area contributed by atoms with Gasteiger partial charge in [-0.3, -0.25) is 19.4 Å². The summed E-state index contributed by atoms with van der Waals surface area (Å²) < 4.78 is 10.5. The molecule has 2 aliphatic heterocycles. The molecule has 0 spiro atoms. The summed E-state index contributed by atoms with van der Waals surface area (Å²) in [6, 6.07) is 7.68. The summed E-state index contributed by atoms with van der Waals surface area (Å²) in [5.41, 5.74) is 1.02. The van der Waals surface area contributed by atoms with E-state index in [9.17, 15) is 9.59 Å². The molecule has 6 nitrogen and oxygen atoms in total. The van der Waals surface area contributed by atoms with Gasteiger partial charge in [0.1, 0.15) is 5.75 Å². The zero-order valence-corrected chi connectivity index (χ0v) is 14.1. The van der Waals surface area contributed by atoms with E-state index in [0.29, 0.717) is 19.4 Å². The van der Waals surface area contributed by atoms with Gasteiger partial charge in [0.25, 0.3) is 0 Å². The van der Waals surface area contributed by atoms with Crippen LogP contribution >= 0.6 is 0 Å². The van der Waals surface area contributed by atoms with Crippen molar-refractivity contribution in [1.29, 1.82) is 0 Å². The lowest BCUT2D eigenvalue weighted by molar-refractivity contribution is -0.139. The highest BCUT2D eigenvalue weighted by molar-refractivity contribution is 6.03. The molecule has 3 rings (SSSR count). The number of hydrogen-bond donors (Lipinski definition) is 0. The Morgan fingerprint density at radius 1 is 1.21 bits per heavy atom. The Labute approximate surface area is 142 Å². The first-order valence-corrected chi connectivity index (χ1v) is 8.44. The number of rotatable bonds is 6. The van der Waals surface area contributed by atoms with Gasteiger partial charge < -0.3 is 9.47 Å². The van der Waals surface area contributed by atoms with E-state index in [-0.39, 0.29) is 17.7 Å². The van der Waals surface area contributed by atoms with E-state index in [0.717, 1.165) is 44.2 Å². The lowest BCUT2D eigenvalue weighted by atomic mass is 9.98. The molecular formula is C18H24N2O4. The lowest BCUT2D eigenvalue weighted by Gasteiger charge is -2.28. The number of likely N-dealkylation sites (tertiary alicyclic amines) is 1. The maximum Gasteiger partial charge on any atom is 0.233 e. The second-order valence-corrected chi connectivity index (χ2v) is 6.29. The molecule has 0 aliphatic carbocycles. The maximum atomic E-state index is 12.6. The van der Waals surface area contributed by atoms with Crippen molar-refractivity contribution in [1.82, 2.24) is 9.80 Å². The minimum atomic E-state index is -0.255. The van der Waals surface area contributed by atoms with Crippen LogP contribution in [0.15, 0.2) is 24.3 Å². The SMILES string of the molecule is COc1cccc(CC2CC(=O)N(CCN3CCOCC3)C2=O)c1. The maximum absolute atomic E-state index is 12.6. The molecule has 1 atom stereocenters. The highest BCUT2D eigenvalue weighted by Crippen LogP contribution is 2.25. The first kappa shape index (κ1) is 16.9. The molecule has 2 aliphatic rings. The molecule has 0 bridgehead atoms. The molecule has 2 saturated heterocycles. The summed E-state index contributed by atoms with van der Waals surface area (Å²) in [6.07, 6.45) is 0.884. The average Bonchev–Trinajstić information content (AvgIpc) is 2.87. The minimum absolute atomic E-state index is 0.0453. The zero-order valence-electron chi connectivity index (χ0n) is 14.1. The molecule has 2 heterocycles. The summed E-state index contributed by atoms with van der Waals surface area (Å²) in [4.78, 5) is 28.5. The van der Waals surface area contributed by atoms with Crippen molar-refractivity contribution in [3.8, 4) is 5.75 Å². The van der Waals surface area contributed by atoms with Crippen molar-refractivity contribution in [2.45, 2.75) is 12.8 Å². The molecule has 2 amide bonds. The third-order valence-electron chi connectivity index (χ3n) is 4.70. The molecule has 0 N–H and O–H groups in total. The molecule has 24 heavy (non-hydrogen) atoms. The number of carbonyl (C=O) groups is 2. The number of nitrogens with zero attached hydrogens (tertiary/aromatic N) is 2. The summed E-state index contributed by atoms with van der Waals surface area (Å²) >= 11 is 0. The molecular weight excluding hydrogens is 308 g/mol. The molecule has 0 saturated carbocycles. The number of benzene rings is 1. The van der Waals surface area contributed by atoms with Crippen molar-refractivity contribution >= 4 is 11.8 Å². The largest absolute Gasteiger partial charge is 0.497 e. The topological polar surface area (TPSA) is 59.1 Å². The van der Waals surface area contributed by atoms with Crippen LogP contribution in [0.3, 0.4) is 0 Å². The Kier molecular flexibility index (Phi) is 5.48. The highest BCUT2D eigenvalue weighted by Gasteiger charge is 2.38. The van der Waals surface area contributed by atoms with Gasteiger partial charge in [0.05, 0.1) is 26.2 Å². The normalized spacial score (nSPS) is 22.2. The van der Waals surface area contributed by atoms with Gasteiger partial charge in [-0.05, 0) is 24.1 Å². The first-order valence-electron chi connectivity index (χ1n) is 8.44. The second-order valence-electron chi connectivity index (χ2n) is 6.29. The number of methoxy groups -OCH3 is 1. The number of hydrogen-bond acceptors (Lipinski definition) is 5. The minimum Gasteiger partial charge on any atom is -0.497 e. The number of amides is 2. The van der Waals surface area contributed by atoms with Crippen LogP contribution in [-0.2, 0) is 20.7 Å². The standard InChI is InChI=1S/C18H24N2O4/c1-23-16-4-2-3-14(12-16)11-15-13-17(21)20(18(15)22)6-5-19-7-9-24-10-8-19/h2-4,12,15H,5-11,13H2,1H3. The van der Waals surface area contributed by atoms with Gasteiger partial charge in [0.2, 0.25) is 11.8 Å². The predicted octanol–water partition coefficient (Wildman–Crippen LogP) is 0.945. The smallest absolute Gasteiger partial charge is 0.233 e. The van der Waals surface area contributed by atoms with E-state index in [2.05, 4.69) is 4.90 Å². The van der Waals surface area contributed by atoms with Gasteiger partial charge in [-0.1, -0.05) is 12.1 Å². The van der Waals surface area contributed by atoms with E-state index >= 15 is 0 Å². The number of ether oxygens (including phenoxy) is 2. The molecule has 130 valence electrons. The van der Waals surface area contributed by atoms with E-state index < -0.39 is 0 Å². The van der Waals surface area contributed by atoms with E-state index in [1.165, 1.54) is 4.90 Å². The fourth-order valence-corrected chi connectivity index (χ4v) is 3.30. The summed E-state index contributed by atoms with van der Waals surface area (Å²) in [7, 11) is 1.62. The summed E-state index contributed by atoms with van der Waals surface area (Å²) in [6.45, 7) is 4.38. The van der Waals surface area contributed by atoms with Crippen LogP contribution in [0.25, 0.3) is 0 Å². The third kappa shape index (κ3) is 3.94. The van der Waals surface area contributed by atoms with Crippen LogP contribution in [-0.4, -0.2) is 68.1 Å². The van der Waals surface area contributed by atoms with Crippen molar-refractivity contribution in [2.75, 3.05) is 46.5 Å². The van der Waals surface area contributed by atoms with Crippen LogP contribution in [0, 0.1) is 5.92 Å². The van der Waals surface area contributed by atoms with Crippen LogP contribution in [0.2, 0.25) is 0 Å². The Balaban J connectivity index is 1.56. The first-order chi connectivity index (χ1) is 11.7. The predicted molar refractivity (Wildman–Crippen MR) is 88.8 cm³/mol. The lowest BCUT2D eigenvalue weighted by Crippen LogP contribution is -2.43.